The molecule has 26 heavy (non-hydrogen) atoms. The van der Waals surface area contributed by atoms with Crippen molar-refractivity contribution >= 4 is 23.9 Å². The van der Waals surface area contributed by atoms with Gasteiger partial charge in [-0.2, -0.15) is 0 Å². The third kappa shape index (κ3) is 5.94. The lowest BCUT2D eigenvalue weighted by Crippen LogP contribution is -2.37. The van der Waals surface area contributed by atoms with Crippen LogP contribution in [0.15, 0.2) is 58.8 Å². The number of hydrogen-bond acceptors (Lipinski definition) is 5. The molecular formula is C19H20N2O5. The lowest BCUT2D eigenvalue weighted by atomic mass is 10.2. The maximum atomic E-state index is 12.3. The Morgan fingerprint density at radius 2 is 1.88 bits per heavy atom. The van der Waals surface area contributed by atoms with Crippen LogP contribution in [-0.4, -0.2) is 23.9 Å². The van der Waals surface area contributed by atoms with Crippen molar-refractivity contribution in [2.24, 2.45) is 0 Å². The lowest BCUT2D eigenvalue weighted by molar-refractivity contribution is -0.151. The molecule has 7 nitrogen and oxygen atoms in total. The largest absolute Gasteiger partial charge is 0.467 e. The molecular weight excluding hydrogens is 336 g/mol. The van der Waals surface area contributed by atoms with Gasteiger partial charge in [0.15, 0.2) is 6.10 Å². The molecule has 1 aromatic carbocycles. The number of furan rings is 1. The molecule has 0 radical (unpaired) electrons. The summed E-state index contributed by atoms with van der Waals surface area (Å²) < 4.78 is 10.3. The van der Waals surface area contributed by atoms with Crippen LogP contribution in [-0.2, 0) is 25.7 Å². The summed E-state index contributed by atoms with van der Waals surface area (Å²) >= 11 is 0. The van der Waals surface area contributed by atoms with Crippen LogP contribution in [0.5, 0.6) is 0 Å². The highest BCUT2D eigenvalue weighted by atomic mass is 16.5. The second kappa shape index (κ2) is 9.22. The topological polar surface area (TPSA) is 97.6 Å². The summed E-state index contributed by atoms with van der Waals surface area (Å²) in [6.45, 7) is 2.92. The van der Waals surface area contributed by atoms with Gasteiger partial charge in [0.05, 0.1) is 12.8 Å². The summed E-state index contributed by atoms with van der Waals surface area (Å²) in [6, 6.07) is 12.4. The molecule has 0 saturated heterocycles. The number of amides is 2. The molecule has 0 saturated carbocycles. The minimum Gasteiger partial charge on any atom is -0.467 e. The fraction of sp³-hybridized carbons (Fsp3) is 0.211. The van der Waals surface area contributed by atoms with E-state index in [0.717, 1.165) is 0 Å². The second-order valence-electron chi connectivity index (χ2n) is 5.49. The van der Waals surface area contributed by atoms with Crippen LogP contribution in [0.1, 0.15) is 25.2 Å². The number of ether oxygens (including phenoxy) is 1. The van der Waals surface area contributed by atoms with Gasteiger partial charge in [-0.1, -0.05) is 30.3 Å². The predicted molar refractivity (Wildman–Crippen MR) is 94.3 cm³/mol. The van der Waals surface area contributed by atoms with E-state index in [9.17, 15) is 14.4 Å². The Balaban J connectivity index is 1.99. The molecule has 0 bridgehead atoms. The number of esters is 1. The first-order chi connectivity index (χ1) is 12.5. The van der Waals surface area contributed by atoms with Gasteiger partial charge in [-0.25, -0.2) is 4.79 Å². The highest BCUT2D eigenvalue weighted by Gasteiger charge is 2.21. The Hall–Kier alpha value is -3.35. The molecule has 136 valence electrons. The van der Waals surface area contributed by atoms with E-state index in [2.05, 4.69) is 10.6 Å². The van der Waals surface area contributed by atoms with E-state index >= 15 is 0 Å². The average molecular weight is 356 g/mol. The van der Waals surface area contributed by atoms with Crippen molar-refractivity contribution in [2.45, 2.75) is 26.5 Å². The van der Waals surface area contributed by atoms with Crippen molar-refractivity contribution < 1.29 is 23.5 Å². The molecule has 0 aliphatic rings. The van der Waals surface area contributed by atoms with Crippen LogP contribution in [0.25, 0.3) is 6.08 Å². The van der Waals surface area contributed by atoms with Crippen molar-refractivity contribution in [3.05, 3.63) is 65.7 Å². The van der Waals surface area contributed by atoms with Gasteiger partial charge in [0.1, 0.15) is 11.5 Å². The Kier molecular flexibility index (Phi) is 6.73. The van der Waals surface area contributed by atoms with Crippen LogP contribution in [0, 0.1) is 0 Å². The molecule has 0 aliphatic heterocycles. The molecule has 2 aromatic rings. The van der Waals surface area contributed by atoms with Crippen molar-refractivity contribution in [3.8, 4) is 0 Å². The molecule has 1 atom stereocenters. The summed E-state index contributed by atoms with van der Waals surface area (Å²) in [5.74, 6) is -1.11. The first kappa shape index (κ1) is 19.0. The number of rotatable bonds is 7. The fourth-order valence-electron chi connectivity index (χ4n) is 2.06. The summed E-state index contributed by atoms with van der Waals surface area (Å²) in [4.78, 5) is 35.7. The monoisotopic (exact) mass is 356 g/mol. The molecule has 2 rings (SSSR count). The standard InChI is InChI=1S/C19H20N2O5/c1-13(18(23)20-12-16-9-6-10-25-16)26-19(24)17(21-14(2)22)11-15-7-4-3-5-8-15/h3-11,13H,12H2,1-2H3,(H,20,23)(H,21,22)/b17-11-/t13-/m1/s1. The van der Waals surface area contributed by atoms with Gasteiger partial charge in [0.25, 0.3) is 5.91 Å². The van der Waals surface area contributed by atoms with E-state index < -0.39 is 23.9 Å². The molecule has 0 fully saturated rings. The highest BCUT2D eigenvalue weighted by molar-refractivity contribution is 5.98. The van der Waals surface area contributed by atoms with Crippen molar-refractivity contribution in [1.29, 1.82) is 0 Å². The normalized spacial score (nSPS) is 12.2. The van der Waals surface area contributed by atoms with Gasteiger partial charge in [-0.3, -0.25) is 9.59 Å². The fourth-order valence-corrected chi connectivity index (χ4v) is 2.06. The average Bonchev–Trinajstić information content (AvgIpc) is 3.13. The molecule has 2 amide bonds. The molecule has 0 aliphatic carbocycles. The van der Waals surface area contributed by atoms with Gasteiger partial charge in [-0.05, 0) is 30.7 Å². The zero-order valence-electron chi connectivity index (χ0n) is 14.5. The minimum absolute atomic E-state index is 0.0469. The molecule has 0 spiro atoms. The minimum atomic E-state index is -1.04. The van der Waals surface area contributed by atoms with Crippen molar-refractivity contribution in [1.82, 2.24) is 10.6 Å². The summed E-state index contributed by atoms with van der Waals surface area (Å²) in [5.41, 5.74) is 0.664. The Labute approximate surface area is 151 Å². The number of benzene rings is 1. The molecule has 0 unspecified atom stereocenters. The van der Waals surface area contributed by atoms with Crippen molar-refractivity contribution in [2.75, 3.05) is 0 Å². The first-order valence-corrected chi connectivity index (χ1v) is 8.01. The zero-order valence-corrected chi connectivity index (χ0v) is 14.5. The van der Waals surface area contributed by atoms with E-state index in [4.69, 9.17) is 9.15 Å². The third-order valence-corrected chi connectivity index (χ3v) is 3.31. The van der Waals surface area contributed by atoms with Crippen LogP contribution < -0.4 is 10.6 Å². The second-order valence-corrected chi connectivity index (χ2v) is 5.49. The summed E-state index contributed by atoms with van der Waals surface area (Å²) in [6.07, 6.45) is 1.95. The maximum Gasteiger partial charge on any atom is 0.355 e. The van der Waals surface area contributed by atoms with Gasteiger partial charge >= 0.3 is 5.97 Å². The highest BCUT2D eigenvalue weighted by Crippen LogP contribution is 2.08. The van der Waals surface area contributed by atoms with Gasteiger partial charge in [0, 0.05) is 6.92 Å². The van der Waals surface area contributed by atoms with E-state index in [1.165, 1.54) is 26.2 Å². The van der Waals surface area contributed by atoms with E-state index in [0.29, 0.717) is 11.3 Å². The van der Waals surface area contributed by atoms with Crippen LogP contribution in [0.4, 0.5) is 0 Å². The third-order valence-electron chi connectivity index (χ3n) is 3.31. The van der Waals surface area contributed by atoms with Crippen LogP contribution in [0.3, 0.4) is 0 Å². The molecule has 1 heterocycles. The number of carbonyl (C=O) groups is 3. The van der Waals surface area contributed by atoms with Crippen molar-refractivity contribution in [3.63, 3.8) is 0 Å². The van der Waals surface area contributed by atoms with Gasteiger partial charge < -0.3 is 19.8 Å². The van der Waals surface area contributed by atoms with E-state index in [1.54, 1.807) is 36.4 Å². The Morgan fingerprint density at radius 3 is 2.50 bits per heavy atom. The quantitative estimate of drug-likeness (QED) is 0.584. The molecule has 2 N–H and O–H groups in total. The molecule has 1 aromatic heterocycles. The smallest absolute Gasteiger partial charge is 0.355 e. The number of hydrogen-bond donors (Lipinski definition) is 2. The Morgan fingerprint density at radius 1 is 1.15 bits per heavy atom. The Bertz CT molecular complexity index is 782. The van der Waals surface area contributed by atoms with Crippen LogP contribution in [0.2, 0.25) is 0 Å². The zero-order chi connectivity index (χ0) is 18.9. The van der Waals surface area contributed by atoms with E-state index in [-0.39, 0.29) is 12.2 Å². The van der Waals surface area contributed by atoms with Gasteiger partial charge in [-0.15, -0.1) is 0 Å². The summed E-state index contributed by atoms with van der Waals surface area (Å²) in [7, 11) is 0. The number of nitrogens with one attached hydrogen (secondary N) is 2. The van der Waals surface area contributed by atoms with Gasteiger partial charge in [0.2, 0.25) is 5.91 Å². The SMILES string of the molecule is CC(=O)N/C(=C\c1ccccc1)C(=O)O[C@H](C)C(=O)NCc1ccco1. The maximum absolute atomic E-state index is 12.3. The lowest BCUT2D eigenvalue weighted by Gasteiger charge is -2.14. The number of carbonyl (C=O) groups excluding carboxylic acids is 3. The van der Waals surface area contributed by atoms with E-state index in [1.807, 2.05) is 6.07 Å². The first-order valence-electron chi connectivity index (χ1n) is 8.01. The summed E-state index contributed by atoms with van der Waals surface area (Å²) in [5, 5.41) is 5.03. The molecule has 7 heteroatoms. The van der Waals surface area contributed by atoms with Crippen LogP contribution >= 0.6 is 0 Å². The predicted octanol–water partition coefficient (Wildman–Crippen LogP) is 2.00.